The van der Waals surface area contributed by atoms with Crippen LogP contribution in [0, 0.1) is 28.9 Å². The molecule has 1 saturated heterocycles. The Bertz CT molecular complexity index is 891. The van der Waals surface area contributed by atoms with Crippen LogP contribution in [0.4, 0.5) is 5.69 Å². The molecule has 1 aliphatic heterocycles. The van der Waals surface area contributed by atoms with Gasteiger partial charge in [-0.15, -0.1) is 12.4 Å². The fourth-order valence-electron chi connectivity index (χ4n) is 4.04. The minimum Gasteiger partial charge on any atom is -0.462 e. The first-order valence-electron chi connectivity index (χ1n) is 8.88. The van der Waals surface area contributed by atoms with Gasteiger partial charge in [0.25, 0.3) is 5.69 Å². The molecule has 2 fully saturated rings. The Morgan fingerprint density at radius 3 is 2.61 bits per heavy atom. The standard InChI is InChI=1S/C17H23N3O6S.ClH/c1-3-26-17(21)13-6-12(7-16(10(13)2)20(22)23)27(24,25)19-8-11-4-5-15(18)14(11)9-19;/h6-7,11,14-15H,3-5,8-9,18H2,1-2H3;1H. The highest BCUT2D eigenvalue weighted by molar-refractivity contribution is 7.89. The van der Waals surface area contributed by atoms with Gasteiger partial charge in [-0.1, -0.05) is 0 Å². The molecule has 3 unspecified atom stereocenters. The third-order valence-electron chi connectivity index (χ3n) is 5.56. The molecule has 0 radical (unpaired) electrons. The van der Waals surface area contributed by atoms with Crippen molar-refractivity contribution in [2.75, 3.05) is 19.7 Å². The van der Waals surface area contributed by atoms with Crippen molar-refractivity contribution in [2.45, 2.75) is 37.6 Å². The zero-order chi connectivity index (χ0) is 19.9. The van der Waals surface area contributed by atoms with Crippen molar-refractivity contribution in [1.82, 2.24) is 4.31 Å². The number of hydrogen-bond acceptors (Lipinski definition) is 7. The summed E-state index contributed by atoms with van der Waals surface area (Å²) in [5.74, 6) is -0.472. The number of benzene rings is 1. The van der Waals surface area contributed by atoms with Gasteiger partial charge in [-0.25, -0.2) is 13.2 Å². The molecule has 9 nitrogen and oxygen atoms in total. The number of carbonyl (C=O) groups excluding carboxylic acids is 1. The summed E-state index contributed by atoms with van der Waals surface area (Å²) >= 11 is 0. The first-order chi connectivity index (χ1) is 12.7. The van der Waals surface area contributed by atoms with Crippen molar-refractivity contribution < 1.29 is 22.9 Å². The predicted molar refractivity (Wildman–Crippen MR) is 104 cm³/mol. The molecule has 0 amide bonds. The summed E-state index contributed by atoms with van der Waals surface area (Å²) in [5.41, 5.74) is 5.62. The molecule has 3 atom stereocenters. The van der Waals surface area contributed by atoms with E-state index in [1.807, 2.05) is 0 Å². The summed E-state index contributed by atoms with van der Waals surface area (Å²) in [5, 5.41) is 11.4. The Hall–Kier alpha value is -1.75. The van der Waals surface area contributed by atoms with E-state index >= 15 is 0 Å². The average molecular weight is 434 g/mol. The van der Waals surface area contributed by atoms with Crippen LogP contribution < -0.4 is 5.73 Å². The number of ether oxygens (including phenoxy) is 1. The van der Waals surface area contributed by atoms with Gasteiger partial charge in [0.05, 0.1) is 22.0 Å². The lowest BCUT2D eigenvalue weighted by atomic mass is 9.98. The molecule has 2 N–H and O–H groups in total. The number of esters is 1. The molecule has 2 aliphatic rings. The minimum atomic E-state index is -3.98. The van der Waals surface area contributed by atoms with Crippen molar-refractivity contribution in [3.8, 4) is 0 Å². The maximum absolute atomic E-state index is 13.1. The summed E-state index contributed by atoms with van der Waals surface area (Å²) in [4.78, 5) is 22.6. The summed E-state index contributed by atoms with van der Waals surface area (Å²) < 4.78 is 32.5. The fraction of sp³-hybridized carbons (Fsp3) is 0.588. The van der Waals surface area contributed by atoms with Gasteiger partial charge in [-0.05, 0) is 44.6 Å². The zero-order valence-electron chi connectivity index (χ0n) is 15.7. The molecule has 28 heavy (non-hydrogen) atoms. The zero-order valence-corrected chi connectivity index (χ0v) is 17.3. The van der Waals surface area contributed by atoms with Crippen molar-refractivity contribution in [3.63, 3.8) is 0 Å². The largest absolute Gasteiger partial charge is 0.462 e. The normalized spacial score (nSPS) is 24.5. The Morgan fingerprint density at radius 2 is 2.04 bits per heavy atom. The van der Waals surface area contributed by atoms with E-state index in [4.69, 9.17) is 10.5 Å². The number of fused-ring (bicyclic) bond motifs is 1. The van der Waals surface area contributed by atoms with Crippen LogP contribution in [-0.4, -0.2) is 49.4 Å². The van der Waals surface area contributed by atoms with Gasteiger partial charge >= 0.3 is 5.97 Å². The lowest BCUT2D eigenvalue weighted by Crippen LogP contribution is -2.33. The van der Waals surface area contributed by atoms with Crippen LogP contribution in [0.15, 0.2) is 17.0 Å². The van der Waals surface area contributed by atoms with Crippen LogP contribution in [0.1, 0.15) is 35.7 Å². The molecule has 1 aliphatic carbocycles. The van der Waals surface area contributed by atoms with Crippen LogP contribution in [0.25, 0.3) is 0 Å². The van der Waals surface area contributed by atoms with Crippen LogP contribution in [0.2, 0.25) is 0 Å². The number of sulfonamides is 1. The van der Waals surface area contributed by atoms with E-state index in [0.29, 0.717) is 13.1 Å². The van der Waals surface area contributed by atoms with Gasteiger partial charge in [0, 0.05) is 30.8 Å². The van der Waals surface area contributed by atoms with Gasteiger partial charge in [-0.2, -0.15) is 4.31 Å². The molecule has 0 bridgehead atoms. The first kappa shape index (κ1) is 22.5. The van der Waals surface area contributed by atoms with Gasteiger partial charge in [0.15, 0.2) is 0 Å². The van der Waals surface area contributed by atoms with E-state index in [0.717, 1.165) is 18.9 Å². The average Bonchev–Trinajstić information content (AvgIpc) is 3.17. The number of rotatable bonds is 5. The Balaban J connectivity index is 0.00000280. The van der Waals surface area contributed by atoms with Crippen LogP contribution in [-0.2, 0) is 14.8 Å². The van der Waals surface area contributed by atoms with E-state index in [-0.39, 0.29) is 52.9 Å². The molecule has 1 aromatic carbocycles. The Labute approximate surface area is 169 Å². The van der Waals surface area contributed by atoms with E-state index in [1.54, 1.807) is 6.92 Å². The lowest BCUT2D eigenvalue weighted by Gasteiger charge is -2.19. The molecule has 156 valence electrons. The third kappa shape index (κ3) is 3.86. The van der Waals surface area contributed by atoms with Gasteiger partial charge in [-0.3, -0.25) is 10.1 Å². The highest BCUT2D eigenvalue weighted by Crippen LogP contribution is 2.40. The smallest absolute Gasteiger partial charge is 0.338 e. The van der Waals surface area contributed by atoms with E-state index in [1.165, 1.54) is 17.3 Å². The number of halogens is 1. The van der Waals surface area contributed by atoms with Crippen molar-refractivity contribution in [2.24, 2.45) is 17.6 Å². The second-order valence-corrected chi connectivity index (χ2v) is 9.02. The summed E-state index contributed by atoms with van der Waals surface area (Å²) in [6.07, 6.45) is 1.76. The van der Waals surface area contributed by atoms with Crippen molar-refractivity contribution in [1.29, 1.82) is 0 Å². The first-order valence-corrected chi connectivity index (χ1v) is 10.3. The Morgan fingerprint density at radius 1 is 1.36 bits per heavy atom. The maximum atomic E-state index is 13.1. The number of carbonyl (C=O) groups is 1. The molecular formula is C17H24ClN3O6S. The van der Waals surface area contributed by atoms with E-state index in [9.17, 15) is 23.3 Å². The summed E-state index contributed by atoms with van der Waals surface area (Å²) in [7, 11) is -3.98. The predicted octanol–water partition coefficient (Wildman–Crippen LogP) is 1.86. The number of nitro benzene ring substituents is 1. The molecule has 3 rings (SSSR count). The third-order valence-corrected chi connectivity index (χ3v) is 7.37. The molecule has 1 heterocycles. The minimum absolute atomic E-state index is 0. The lowest BCUT2D eigenvalue weighted by molar-refractivity contribution is -0.385. The number of hydrogen-bond donors (Lipinski definition) is 1. The number of nitro groups is 1. The van der Waals surface area contributed by atoms with Gasteiger partial charge in [0.2, 0.25) is 10.0 Å². The van der Waals surface area contributed by atoms with Crippen LogP contribution in [0.3, 0.4) is 0 Å². The molecule has 0 aromatic heterocycles. The molecule has 1 aromatic rings. The van der Waals surface area contributed by atoms with Crippen LogP contribution >= 0.6 is 12.4 Å². The monoisotopic (exact) mass is 433 g/mol. The van der Waals surface area contributed by atoms with Gasteiger partial charge < -0.3 is 10.5 Å². The molecular weight excluding hydrogens is 410 g/mol. The topological polar surface area (TPSA) is 133 Å². The maximum Gasteiger partial charge on any atom is 0.338 e. The molecule has 11 heteroatoms. The van der Waals surface area contributed by atoms with Crippen molar-refractivity contribution in [3.05, 3.63) is 33.4 Å². The van der Waals surface area contributed by atoms with Crippen molar-refractivity contribution >= 4 is 34.1 Å². The summed E-state index contributed by atoms with van der Waals surface area (Å²) in [6.45, 7) is 3.73. The van der Waals surface area contributed by atoms with Crippen LogP contribution in [0.5, 0.6) is 0 Å². The second kappa shape index (κ2) is 8.32. The van der Waals surface area contributed by atoms with Gasteiger partial charge in [0.1, 0.15) is 0 Å². The fourth-order valence-corrected chi connectivity index (χ4v) is 5.63. The second-order valence-electron chi connectivity index (χ2n) is 7.08. The quantitative estimate of drug-likeness (QED) is 0.425. The van der Waals surface area contributed by atoms with E-state index < -0.39 is 26.6 Å². The summed E-state index contributed by atoms with van der Waals surface area (Å²) in [6, 6.07) is 2.16. The molecule has 0 spiro atoms. The number of nitrogens with two attached hydrogens (primary N) is 1. The highest BCUT2D eigenvalue weighted by Gasteiger charge is 2.45. The SMILES string of the molecule is CCOC(=O)c1cc(S(=O)(=O)N2CC3CCC(N)C3C2)cc([N+](=O)[O-])c1C.Cl. The number of nitrogens with zero attached hydrogens (tertiary/aromatic N) is 2. The molecule has 1 saturated carbocycles. The van der Waals surface area contributed by atoms with E-state index in [2.05, 4.69) is 0 Å². The Kier molecular flexibility index (Phi) is 6.70. The highest BCUT2D eigenvalue weighted by atomic mass is 35.5.